The number of nitrogens with two attached hydrogens (primary N) is 1. The summed E-state index contributed by atoms with van der Waals surface area (Å²) in [6, 6.07) is 28.1. The highest BCUT2D eigenvalue weighted by atomic mass is 32.1. The van der Waals surface area contributed by atoms with Gasteiger partial charge in [-0.3, -0.25) is 19.2 Å². The summed E-state index contributed by atoms with van der Waals surface area (Å²) in [4.78, 5) is 54.8. The monoisotopic (exact) mass is 691 g/mol. The van der Waals surface area contributed by atoms with Crippen LogP contribution in [0.4, 0.5) is 0 Å². The van der Waals surface area contributed by atoms with E-state index in [1.54, 1.807) is 12.1 Å². The van der Waals surface area contributed by atoms with Crippen molar-refractivity contribution in [3.8, 4) is 11.1 Å². The van der Waals surface area contributed by atoms with Gasteiger partial charge in [-0.15, -0.1) is 11.3 Å². The number of furan rings is 1. The lowest BCUT2D eigenvalue weighted by Gasteiger charge is -2.27. The van der Waals surface area contributed by atoms with Crippen LogP contribution in [-0.2, 0) is 38.4 Å². The van der Waals surface area contributed by atoms with E-state index in [1.807, 2.05) is 84.9 Å². The van der Waals surface area contributed by atoms with E-state index in [0.717, 1.165) is 44.7 Å². The number of carbonyl (C=O) groups excluding carboxylic acids is 4. The third-order valence-corrected chi connectivity index (χ3v) is 10.1. The summed E-state index contributed by atoms with van der Waals surface area (Å²) in [5, 5.41) is 13.0. The zero-order valence-electron chi connectivity index (χ0n) is 27.6. The Bertz CT molecular complexity index is 1870. The molecule has 1 fully saturated rings. The number of nitrogens with one attached hydrogen (secondary N) is 4. The average molecular weight is 692 g/mol. The van der Waals surface area contributed by atoms with Gasteiger partial charge in [0.05, 0.1) is 6.26 Å². The Morgan fingerprint density at radius 3 is 2.08 bits per heavy atom. The SMILES string of the molecule is NC(=O)[C@H](Cc1ccco1)NC(=O)[C@@H](Cc1cc2ccccc2s1)NC(=O)[C@@H](Cc1ccc(-c2ccccc2)cc1)NC(=O)C1CCNCC1. The molecule has 258 valence electrons. The Kier molecular flexibility index (Phi) is 11.4. The second kappa shape index (κ2) is 16.4. The van der Waals surface area contributed by atoms with Crippen LogP contribution in [0.15, 0.2) is 108 Å². The smallest absolute Gasteiger partial charge is 0.243 e. The molecule has 3 aromatic carbocycles. The average Bonchev–Trinajstić information content (AvgIpc) is 3.81. The van der Waals surface area contributed by atoms with Crippen molar-refractivity contribution in [3.63, 3.8) is 0 Å². The number of carbonyl (C=O) groups is 4. The Morgan fingerprint density at radius 1 is 0.740 bits per heavy atom. The molecule has 0 unspecified atom stereocenters. The molecule has 3 heterocycles. The second-order valence-electron chi connectivity index (χ2n) is 12.6. The molecule has 5 aromatic rings. The van der Waals surface area contributed by atoms with Crippen molar-refractivity contribution < 1.29 is 23.6 Å². The Hall–Kier alpha value is -5.26. The van der Waals surface area contributed by atoms with Crippen molar-refractivity contribution in [2.24, 2.45) is 11.7 Å². The number of hydrogen-bond acceptors (Lipinski definition) is 7. The van der Waals surface area contributed by atoms with E-state index in [9.17, 15) is 19.2 Å². The summed E-state index contributed by atoms with van der Waals surface area (Å²) in [6.07, 6.45) is 3.28. The molecule has 3 atom stereocenters. The molecule has 10 nitrogen and oxygen atoms in total. The molecule has 6 N–H and O–H groups in total. The normalized spacial score (nSPS) is 15.1. The summed E-state index contributed by atoms with van der Waals surface area (Å²) in [5.74, 6) is -1.72. The minimum Gasteiger partial charge on any atom is -0.469 e. The first-order chi connectivity index (χ1) is 24.3. The molecule has 1 aliphatic heterocycles. The zero-order chi connectivity index (χ0) is 34.9. The summed E-state index contributed by atoms with van der Waals surface area (Å²) in [5.41, 5.74) is 8.64. The molecular formula is C39H41N5O5S. The molecule has 0 spiro atoms. The summed E-state index contributed by atoms with van der Waals surface area (Å²) >= 11 is 1.53. The highest BCUT2D eigenvalue weighted by molar-refractivity contribution is 7.19. The fourth-order valence-corrected chi connectivity index (χ4v) is 7.34. The van der Waals surface area contributed by atoms with Crippen LogP contribution in [0, 0.1) is 5.92 Å². The molecular weight excluding hydrogens is 651 g/mol. The maximum atomic E-state index is 14.2. The highest BCUT2D eigenvalue weighted by Crippen LogP contribution is 2.26. The molecule has 0 radical (unpaired) electrons. The third-order valence-electron chi connectivity index (χ3n) is 9.00. The van der Waals surface area contributed by atoms with E-state index in [0.29, 0.717) is 18.6 Å². The van der Waals surface area contributed by atoms with Gasteiger partial charge in [0.15, 0.2) is 0 Å². The molecule has 50 heavy (non-hydrogen) atoms. The van der Waals surface area contributed by atoms with Crippen molar-refractivity contribution in [1.29, 1.82) is 0 Å². The fourth-order valence-electron chi connectivity index (χ4n) is 6.23. The highest BCUT2D eigenvalue weighted by Gasteiger charge is 2.32. The van der Waals surface area contributed by atoms with E-state index < -0.39 is 35.8 Å². The first-order valence-corrected chi connectivity index (χ1v) is 17.7. The van der Waals surface area contributed by atoms with Gasteiger partial charge in [-0.25, -0.2) is 0 Å². The number of thiophene rings is 1. The zero-order valence-corrected chi connectivity index (χ0v) is 28.4. The maximum absolute atomic E-state index is 14.2. The minimum absolute atomic E-state index is 0.0610. The number of primary amides is 1. The van der Waals surface area contributed by atoms with Gasteiger partial charge in [0, 0.05) is 34.8 Å². The molecule has 2 aromatic heterocycles. The first-order valence-electron chi connectivity index (χ1n) is 16.9. The van der Waals surface area contributed by atoms with Crippen molar-refractivity contribution in [2.75, 3.05) is 13.1 Å². The summed E-state index contributed by atoms with van der Waals surface area (Å²) < 4.78 is 6.43. The van der Waals surface area contributed by atoms with Gasteiger partial charge >= 0.3 is 0 Å². The van der Waals surface area contributed by atoms with Gasteiger partial charge < -0.3 is 31.4 Å². The molecule has 4 amide bonds. The fraction of sp³-hybridized carbons (Fsp3) is 0.282. The van der Waals surface area contributed by atoms with Crippen molar-refractivity contribution in [3.05, 3.63) is 120 Å². The molecule has 6 rings (SSSR count). The Labute approximate surface area is 294 Å². The van der Waals surface area contributed by atoms with Gasteiger partial charge in [-0.1, -0.05) is 72.8 Å². The lowest BCUT2D eigenvalue weighted by atomic mass is 9.95. The Morgan fingerprint density at radius 2 is 1.40 bits per heavy atom. The van der Waals surface area contributed by atoms with E-state index >= 15 is 0 Å². The van der Waals surface area contributed by atoms with Crippen LogP contribution < -0.4 is 27.0 Å². The van der Waals surface area contributed by atoms with Crippen LogP contribution in [0.1, 0.15) is 29.0 Å². The molecule has 0 bridgehead atoms. The Balaban J connectivity index is 1.24. The molecule has 0 aliphatic carbocycles. The van der Waals surface area contributed by atoms with Crippen molar-refractivity contribution in [2.45, 2.75) is 50.2 Å². The standard InChI is InChI=1S/C39H41N5O5S/c40-36(45)32(23-30-10-6-20-49-30)42-39(48)34(24-31-22-29-9-4-5-11-35(29)50-31)44-38(47)33(43-37(46)28-16-18-41-19-17-28)21-25-12-14-27(15-13-25)26-7-2-1-3-8-26/h1-15,20,22,28,32-34,41H,16-19,21,23-24H2,(H2,40,45)(H,42,48)(H,43,46)(H,44,47)/t32-,33+,34+/m0/s1. The van der Waals surface area contributed by atoms with Crippen LogP contribution >= 0.6 is 11.3 Å². The van der Waals surface area contributed by atoms with Crippen LogP contribution in [0.2, 0.25) is 0 Å². The van der Waals surface area contributed by atoms with Gasteiger partial charge in [0.1, 0.15) is 23.9 Å². The van der Waals surface area contributed by atoms with Crippen LogP contribution in [0.3, 0.4) is 0 Å². The van der Waals surface area contributed by atoms with Crippen LogP contribution in [-0.4, -0.2) is 54.8 Å². The predicted octanol–water partition coefficient (Wildman–Crippen LogP) is 4.13. The lowest BCUT2D eigenvalue weighted by molar-refractivity contribution is -0.134. The lowest BCUT2D eigenvalue weighted by Crippen LogP contribution is -2.58. The van der Waals surface area contributed by atoms with E-state index in [4.69, 9.17) is 10.2 Å². The predicted molar refractivity (Wildman–Crippen MR) is 194 cm³/mol. The van der Waals surface area contributed by atoms with E-state index in [2.05, 4.69) is 21.3 Å². The van der Waals surface area contributed by atoms with Gasteiger partial charge in [0.2, 0.25) is 23.6 Å². The number of benzene rings is 3. The van der Waals surface area contributed by atoms with Gasteiger partial charge in [-0.2, -0.15) is 0 Å². The molecule has 0 saturated carbocycles. The van der Waals surface area contributed by atoms with Crippen molar-refractivity contribution >= 4 is 45.1 Å². The number of hydrogen-bond donors (Lipinski definition) is 5. The number of piperidine rings is 1. The quantitative estimate of drug-likeness (QED) is 0.118. The van der Waals surface area contributed by atoms with Crippen LogP contribution in [0.5, 0.6) is 0 Å². The largest absolute Gasteiger partial charge is 0.469 e. The van der Waals surface area contributed by atoms with E-state index in [-0.39, 0.29) is 31.1 Å². The first kappa shape index (κ1) is 34.6. The number of fused-ring (bicyclic) bond motifs is 1. The van der Waals surface area contributed by atoms with Crippen LogP contribution in [0.25, 0.3) is 21.2 Å². The van der Waals surface area contributed by atoms with Crippen molar-refractivity contribution in [1.82, 2.24) is 21.3 Å². The third kappa shape index (κ3) is 9.04. The summed E-state index contributed by atoms with van der Waals surface area (Å²) in [7, 11) is 0. The topological polar surface area (TPSA) is 156 Å². The van der Waals surface area contributed by atoms with Gasteiger partial charge in [-0.05, 0) is 72.3 Å². The maximum Gasteiger partial charge on any atom is 0.243 e. The summed E-state index contributed by atoms with van der Waals surface area (Å²) in [6.45, 7) is 1.46. The molecule has 11 heteroatoms. The molecule has 1 saturated heterocycles. The number of rotatable bonds is 14. The molecule has 1 aliphatic rings. The van der Waals surface area contributed by atoms with Gasteiger partial charge in [0.25, 0.3) is 0 Å². The second-order valence-corrected chi connectivity index (χ2v) is 13.8. The minimum atomic E-state index is -1.06. The van der Waals surface area contributed by atoms with E-state index in [1.165, 1.54) is 17.6 Å². The number of amides is 4.